The minimum atomic E-state index is -1.04. The number of nitrogens with two attached hydrogens (primary N) is 1. The summed E-state index contributed by atoms with van der Waals surface area (Å²) in [6.07, 6.45) is 3.77. The number of nitriles is 1. The van der Waals surface area contributed by atoms with Gasteiger partial charge in [0.05, 0.1) is 11.6 Å². The first-order valence-electron chi connectivity index (χ1n) is 11.9. The number of nitrogens with zero attached hydrogens (tertiary/aromatic N) is 1. The molecule has 0 saturated heterocycles. The zero-order valence-corrected chi connectivity index (χ0v) is 19.5. The van der Waals surface area contributed by atoms with Crippen LogP contribution < -0.4 is 11.1 Å². The average Bonchev–Trinajstić information content (AvgIpc) is 2.85. The summed E-state index contributed by atoms with van der Waals surface area (Å²) in [6, 6.07) is 24.2. The highest BCUT2D eigenvalue weighted by Gasteiger charge is 2.29. The summed E-state index contributed by atoms with van der Waals surface area (Å²) in [5, 5.41) is 21.1. The van der Waals surface area contributed by atoms with Gasteiger partial charge < -0.3 is 16.2 Å². The molecule has 1 aliphatic carbocycles. The molecule has 6 heteroatoms. The maximum atomic E-state index is 12.8. The van der Waals surface area contributed by atoms with Crippen LogP contribution in [-0.2, 0) is 11.2 Å². The van der Waals surface area contributed by atoms with Crippen molar-refractivity contribution < 1.29 is 14.7 Å². The number of hydrogen-bond acceptors (Lipinski definition) is 4. The molecule has 0 aliphatic heterocycles. The van der Waals surface area contributed by atoms with E-state index in [1.54, 1.807) is 24.3 Å². The number of carboxylic acids is 1. The molecule has 6 nitrogen and oxygen atoms in total. The van der Waals surface area contributed by atoms with Crippen LogP contribution in [0, 0.1) is 17.2 Å². The Morgan fingerprint density at radius 3 is 2.09 bits per heavy atom. The van der Waals surface area contributed by atoms with E-state index < -0.39 is 12.0 Å². The van der Waals surface area contributed by atoms with Crippen LogP contribution in [0.1, 0.15) is 52.2 Å². The lowest BCUT2D eigenvalue weighted by Crippen LogP contribution is -2.34. The first-order valence-corrected chi connectivity index (χ1v) is 11.9. The molecule has 3 aromatic rings. The third-order valence-corrected chi connectivity index (χ3v) is 6.88. The van der Waals surface area contributed by atoms with Gasteiger partial charge in [-0.05, 0) is 71.7 Å². The van der Waals surface area contributed by atoms with E-state index >= 15 is 0 Å². The Balaban J connectivity index is 1.41. The van der Waals surface area contributed by atoms with Gasteiger partial charge in [-0.2, -0.15) is 5.26 Å². The first-order chi connectivity index (χ1) is 16.9. The van der Waals surface area contributed by atoms with Gasteiger partial charge >= 0.3 is 5.97 Å². The second kappa shape index (κ2) is 11.0. The van der Waals surface area contributed by atoms with Crippen molar-refractivity contribution in [2.24, 2.45) is 11.7 Å². The van der Waals surface area contributed by atoms with Gasteiger partial charge in [0.25, 0.3) is 5.91 Å². The molecule has 1 amide bonds. The van der Waals surface area contributed by atoms with Crippen LogP contribution in [0.2, 0.25) is 0 Å². The molecular formula is C29H29N3O3. The smallest absolute Gasteiger partial charge is 0.320 e. The number of nitrogens with one attached hydrogen (secondary N) is 1. The molecule has 35 heavy (non-hydrogen) atoms. The molecule has 178 valence electrons. The molecule has 2 atom stereocenters. The van der Waals surface area contributed by atoms with Crippen molar-refractivity contribution in [2.45, 2.75) is 37.6 Å². The number of aliphatic carboxylic acids is 1. The zero-order valence-electron chi connectivity index (χ0n) is 19.5. The van der Waals surface area contributed by atoms with Crippen LogP contribution in [0.4, 0.5) is 0 Å². The fourth-order valence-electron chi connectivity index (χ4n) is 4.50. The highest BCUT2D eigenvalue weighted by atomic mass is 16.4. The second-order valence-corrected chi connectivity index (χ2v) is 9.16. The summed E-state index contributed by atoms with van der Waals surface area (Å²) >= 11 is 0. The Bertz CT molecular complexity index is 1210. The molecule has 0 heterocycles. The highest BCUT2D eigenvalue weighted by Crippen LogP contribution is 2.39. The number of carbonyl (C=O) groups is 2. The van der Waals surface area contributed by atoms with Crippen LogP contribution in [0.3, 0.4) is 0 Å². The molecule has 0 unspecified atom stereocenters. The Labute approximate surface area is 205 Å². The lowest BCUT2D eigenvalue weighted by Gasteiger charge is -2.34. The predicted octanol–water partition coefficient (Wildman–Crippen LogP) is 4.49. The van der Waals surface area contributed by atoms with E-state index in [4.69, 9.17) is 16.1 Å². The maximum absolute atomic E-state index is 12.8. The maximum Gasteiger partial charge on any atom is 0.320 e. The zero-order chi connectivity index (χ0) is 24.8. The fourth-order valence-corrected chi connectivity index (χ4v) is 4.50. The van der Waals surface area contributed by atoms with Crippen LogP contribution in [0.15, 0.2) is 72.8 Å². The van der Waals surface area contributed by atoms with E-state index in [1.165, 1.54) is 12.0 Å². The predicted molar refractivity (Wildman–Crippen MR) is 135 cm³/mol. The normalized spacial score (nSPS) is 14.9. The molecule has 0 bridgehead atoms. The van der Waals surface area contributed by atoms with E-state index in [1.807, 2.05) is 24.3 Å². The summed E-state index contributed by atoms with van der Waals surface area (Å²) in [4.78, 5) is 23.7. The van der Waals surface area contributed by atoms with E-state index in [2.05, 4.69) is 35.7 Å². The summed E-state index contributed by atoms with van der Waals surface area (Å²) in [5.41, 5.74) is 10.9. The number of carboxylic acid groups (broad SMARTS) is 1. The minimum absolute atomic E-state index is 0.141. The molecule has 0 aromatic heterocycles. The number of amides is 1. The summed E-state index contributed by atoms with van der Waals surface area (Å²) in [5.74, 6) is -0.386. The average molecular weight is 468 g/mol. The van der Waals surface area contributed by atoms with Gasteiger partial charge in [0, 0.05) is 18.0 Å². The summed E-state index contributed by atoms with van der Waals surface area (Å²) in [6.45, 7) is 0.561. The molecule has 0 spiro atoms. The summed E-state index contributed by atoms with van der Waals surface area (Å²) in [7, 11) is 0. The number of benzene rings is 3. The minimum Gasteiger partial charge on any atom is -0.480 e. The molecule has 4 N–H and O–H groups in total. The van der Waals surface area contributed by atoms with Crippen LogP contribution in [-0.4, -0.2) is 29.6 Å². The Hall–Kier alpha value is -3.95. The number of rotatable bonds is 9. The standard InChI is InChI=1S/C29H29N3O3/c30-17-20-6-8-21(9-7-20)22-12-14-24(15-13-22)26(23-2-1-3-23)18-32-28(33)25-10-4-19(5-11-25)16-27(31)29(34)35/h4-15,23,26-27H,1-3,16,18,31H2,(H,32,33)(H,34,35)/t26-,27+/m1/s1. The lowest BCUT2D eigenvalue weighted by molar-refractivity contribution is -0.138. The SMILES string of the molecule is N#Cc1ccc(-c2ccc([C@H](CNC(=O)c3ccc(C[C@H](N)C(=O)O)cc3)C3CCC3)cc2)cc1. The largest absolute Gasteiger partial charge is 0.480 e. The van der Waals surface area contributed by atoms with Crippen molar-refractivity contribution in [1.82, 2.24) is 5.32 Å². The lowest BCUT2D eigenvalue weighted by atomic mass is 9.73. The van der Waals surface area contributed by atoms with Gasteiger partial charge in [-0.25, -0.2) is 0 Å². The van der Waals surface area contributed by atoms with E-state index in [0.717, 1.165) is 29.5 Å². The van der Waals surface area contributed by atoms with Crippen molar-refractivity contribution in [2.75, 3.05) is 6.54 Å². The van der Waals surface area contributed by atoms with Crippen molar-refractivity contribution >= 4 is 11.9 Å². The van der Waals surface area contributed by atoms with Crippen molar-refractivity contribution in [3.8, 4) is 17.2 Å². The summed E-state index contributed by atoms with van der Waals surface area (Å²) < 4.78 is 0. The van der Waals surface area contributed by atoms with Crippen molar-refractivity contribution in [3.05, 3.63) is 95.1 Å². The van der Waals surface area contributed by atoms with Crippen LogP contribution >= 0.6 is 0 Å². The molecule has 1 saturated carbocycles. The molecule has 3 aromatic carbocycles. The molecule has 0 radical (unpaired) electrons. The van der Waals surface area contributed by atoms with E-state index in [-0.39, 0.29) is 18.2 Å². The van der Waals surface area contributed by atoms with Gasteiger partial charge in [0.1, 0.15) is 6.04 Å². The third kappa shape index (κ3) is 5.95. The van der Waals surface area contributed by atoms with Gasteiger partial charge in [-0.3, -0.25) is 9.59 Å². The monoisotopic (exact) mass is 467 g/mol. The van der Waals surface area contributed by atoms with E-state index in [0.29, 0.717) is 23.6 Å². The number of hydrogen-bond donors (Lipinski definition) is 3. The molecule has 1 fully saturated rings. The van der Waals surface area contributed by atoms with Gasteiger partial charge in [0.2, 0.25) is 0 Å². The van der Waals surface area contributed by atoms with Crippen LogP contribution in [0.25, 0.3) is 11.1 Å². The second-order valence-electron chi connectivity index (χ2n) is 9.16. The Kier molecular flexibility index (Phi) is 7.59. The highest BCUT2D eigenvalue weighted by molar-refractivity contribution is 5.94. The van der Waals surface area contributed by atoms with E-state index in [9.17, 15) is 9.59 Å². The van der Waals surface area contributed by atoms with Crippen molar-refractivity contribution in [3.63, 3.8) is 0 Å². The van der Waals surface area contributed by atoms with Crippen molar-refractivity contribution in [1.29, 1.82) is 5.26 Å². The van der Waals surface area contributed by atoms with Gasteiger partial charge in [0.15, 0.2) is 0 Å². The fraction of sp³-hybridized carbons (Fsp3) is 0.276. The first kappa shape index (κ1) is 24.2. The molecule has 4 rings (SSSR count). The van der Waals surface area contributed by atoms with Gasteiger partial charge in [-0.1, -0.05) is 55.0 Å². The quantitative estimate of drug-likeness (QED) is 0.429. The van der Waals surface area contributed by atoms with Crippen LogP contribution in [0.5, 0.6) is 0 Å². The Morgan fingerprint density at radius 2 is 1.57 bits per heavy atom. The Morgan fingerprint density at radius 1 is 0.971 bits per heavy atom. The molecule has 1 aliphatic rings. The topological polar surface area (TPSA) is 116 Å². The third-order valence-electron chi connectivity index (χ3n) is 6.88. The van der Waals surface area contributed by atoms with Gasteiger partial charge in [-0.15, -0.1) is 0 Å². The molecular weight excluding hydrogens is 438 g/mol. The number of carbonyl (C=O) groups excluding carboxylic acids is 1.